The first-order valence-electron chi connectivity index (χ1n) is 4.02. The lowest BCUT2D eigenvalue weighted by atomic mass is 10.1. The zero-order chi connectivity index (χ0) is 10.8. The molecule has 0 radical (unpaired) electrons. The molecule has 0 saturated carbocycles. The monoisotopic (exact) mass is 223 g/mol. The molecule has 15 heavy (non-hydrogen) atoms. The molecule has 76 valence electrons. The van der Waals surface area contributed by atoms with Crippen LogP contribution in [0.2, 0.25) is 5.02 Å². The van der Waals surface area contributed by atoms with Gasteiger partial charge < -0.3 is 5.73 Å². The van der Waals surface area contributed by atoms with Crippen molar-refractivity contribution in [1.29, 1.82) is 0 Å². The van der Waals surface area contributed by atoms with Gasteiger partial charge in [-0.1, -0.05) is 11.6 Å². The van der Waals surface area contributed by atoms with E-state index < -0.39 is 5.91 Å². The Morgan fingerprint density at radius 1 is 1.47 bits per heavy atom. The van der Waals surface area contributed by atoms with Gasteiger partial charge in [0.2, 0.25) is 5.91 Å². The summed E-state index contributed by atoms with van der Waals surface area (Å²) in [4.78, 5) is 10.9. The van der Waals surface area contributed by atoms with Crippen LogP contribution in [0.25, 0.3) is 11.4 Å². The van der Waals surface area contributed by atoms with Crippen molar-refractivity contribution >= 4 is 17.5 Å². The molecule has 3 N–H and O–H groups in total. The number of nitrogens with two attached hydrogens (primary N) is 1. The maximum absolute atomic E-state index is 10.9. The molecule has 2 rings (SSSR count). The molecule has 0 aliphatic heterocycles. The second-order valence-electron chi connectivity index (χ2n) is 2.81. The molecule has 0 saturated heterocycles. The van der Waals surface area contributed by atoms with E-state index in [4.69, 9.17) is 17.3 Å². The van der Waals surface area contributed by atoms with Gasteiger partial charge in [-0.25, -0.2) is 5.10 Å². The van der Waals surface area contributed by atoms with Gasteiger partial charge in [0.25, 0.3) is 0 Å². The van der Waals surface area contributed by atoms with Crippen molar-refractivity contribution < 1.29 is 4.79 Å². The molecule has 0 spiro atoms. The highest BCUT2D eigenvalue weighted by Crippen LogP contribution is 2.25. The Kier molecular flexibility index (Phi) is 2.34. The summed E-state index contributed by atoms with van der Waals surface area (Å²) in [5, 5.41) is 13.5. The molecular formula is C8H6ClN5O. The average molecular weight is 224 g/mol. The van der Waals surface area contributed by atoms with Crippen molar-refractivity contribution in [2.75, 3.05) is 0 Å². The van der Waals surface area contributed by atoms with Crippen LogP contribution in [0.15, 0.2) is 18.2 Å². The number of aromatic amines is 1. The Morgan fingerprint density at radius 2 is 2.27 bits per heavy atom. The van der Waals surface area contributed by atoms with Crippen molar-refractivity contribution in [2.24, 2.45) is 5.73 Å². The number of benzene rings is 1. The summed E-state index contributed by atoms with van der Waals surface area (Å²) >= 11 is 5.94. The molecule has 0 aliphatic rings. The minimum absolute atomic E-state index is 0.344. The molecule has 0 aliphatic carbocycles. The highest BCUT2D eigenvalue weighted by molar-refractivity contribution is 6.33. The van der Waals surface area contributed by atoms with Crippen LogP contribution >= 0.6 is 11.6 Å². The van der Waals surface area contributed by atoms with E-state index in [9.17, 15) is 4.79 Å². The van der Waals surface area contributed by atoms with Gasteiger partial charge in [-0.15, -0.1) is 5.10 Å². The molecule has 1 heterocycles. The summed E-state index contributed by atoms with van der Waals surface area (Å²) in [5.74, 6) is -0.0878. The number of hydrogen-bond acceptors (Lipinski definition) is 4. The maximum Gasteiger partial charge on any atom is 0.248 e. The number of aromatic nitrogens is 4. The second-order valence-corrected chi connectivity index (χ2v) is 3.22. The largest absolute Gasteiger partial charge is 0.366 e. The highest BCUT2D eigenvalue weighted by Gasteiger charge is 2.09. The number of tetrazole rings is 1. The Morgan fingerprint density at radius 3 is 2.80 bits per heavy atom. The van der Waals surface area contributed by atoms with Crippen LogP contribution in [-0.2, 0) is 0 Å². The van der Waals surface area contributed by atoms with Crippen molar-refractivity contribution in [1.82, 2.24) is 20.6 Å². The van der Waals surface area contributed by atoms with Crippen LogP contribution in [0.4, 0.5) is 0 Å². The SMILES string of the molecule is NC(=O)c1ccc(-c2nnn[nH]2)c(Cl)c1. The van der Waals surface area contributed by atoms with Crippen LogP contribution in [0.1, 0.15) is 10.4 Å². The summed E-state index contributed by atoms with van der Waals surface area (Å²) in [5.41, 5.74) is 6.07. The van der Waals surface area contributed by atoms with Gasteiger partial charge in [0.15, 0.2) is 5.82 Å². The molecule has 6 nitrogen and oxygen atoms in total. The summed E-state index contributed by atoms with van der Waals surface area (Å²) < 4.78 is 0. The maximum atomic E-state index is 10.9. The molecule has 0 atom stereocenters. The van der Waals surface area contributed by atoms with E-state index in [0.717, 1.165) is 0 Å². The lowest BCUT2D eigenvalue weighted by Crippen LogP contribution is -2.10. The molecule has 0 fully saturated rings. The number of primary amides is 1. The molecular weight excluding hydrogens is 218 g/mol. The number of carbonyl (C=O) groups excluding carboxylic acids is 1. The topological polar surface area (TPSA) is 97.6 Å². The van der Waals surface area contributed by atoms with E-state index in [2.05, 4.69) is 20.6 Å². The molecule has 2 aromatic rings. The van der Waals surface area contributed by atoms with E-state index in [-0.39, 0.29) is 0 Å². The minimum Gasteiger partial charge on any atom is -0.366 e. The van der Waals surface area contributed by atoms with Gasteiger partial charge in [0, 0.05) is 11.1 Å². The van der Waals surface area contributed by atoms with Crippen LogP contribution in [-0.4, -0.2) is 26.5 Å². The molecule has 0 unspecified atom stereocenters. The van der Waals surface area contributed by atoms with Gasteiger partial charge in [0.1, 0.15) is 0 Å². The second kappa shape index (κ2) is 3.66. The van der Waals surface area contributed by atoms with E-state index in [1.165, 1.54) is 6.07 Å². The number of H-pyrrole nitrogens is 1. The Bertz CT molecular complexity index is 496. The first-order valence-corrected chi connectivity index (χ1v) is 4.39. The van der Waals surface area contributed by atoms with Crippen LogP contribution in [0.5, 0.6) is 0 Å². The molecule has 1 aromatic carbocycles. The lowest BCUT2D eigenvalue weighted by molar-refractivity contribution is 0.100. The third-order valence-electron chi connectivity index (χ3n) is 1.85. The molecule has 1 amide bonds. The molecule has 7 heteroatoms. The fraction of sp³-hybridized carbons (Fsp3) is 0. The van der Waals surface area contributed by atoms with Gasteiger partial charge in [0.05, 0.1) is 5.02 Å². The van der Waals surface area contributed by atoms with Crippen molar-refractivity contribution in [3.63, 3.8) is 0 Å². The Labute approximate surface area is 89.4 Å². The number of halogens is 1. The van der Waals surface area contributed by atoms with Gasteiger partial charge in [-0.3, -0.25) is 4.79 Å². The first kappa shape index (κ1) is 9.60. The van der Waals surface area contributed by atoms with Crippen molar-refractivity contribution in [3.8, 4) is 11.4 Å². The smallest absolute Gasteiger partial charge is 0.248 e. The highest BCUT2D eigenvalue weighted by atomic mass is 35.5. The predicted octanol–water partition coefficient (Wildman–Crippen LogP) is 0.619. The van der Waals surface area contributed by atoms with Crippen molar-refractivity contribution in [2.45, 2.75) is 0 Å². The average Bonchev–Trinajstić information content (AvgIpc) is 2.70. The third kappa shape index (κ3) is 1.79. The lowest BCUT2D eigenvalue weighted by Gasteiger charge is -2.01. The zero-order valence-electron chi connectivity index (χ0n) is 7.44. The van der Waals surface area contributed by atoms with Crippen LogP contribution in [0, 0.1) is 0 Å². The normalized spacial score (nSPS) is 10.2. The van der Waals surface area contributed by atoms with E-state index in [0.29, 0.717) is 22.0 Å². The van der Waals surface area contributed by atoms with Gasteiger partial charge >= 0.3 is 0 Å². The number of nitrogens with one attached hydrogen (secondary N) is 1. The Balaban J connectivity index is 2.48. The fourth-order valence-corrected chi connectivity index (χ4v) is 1.40. The molecule has 0 bridgehead atoms. The van der Waals surface area contributed by atoms with Crippen LogP contribution < -0.4 is 5.73 Å². The third-order valence-corrected chi connectivity index (χ3v) is 2.17. The van der Waals surface area contributed by atoms with E-state index in [1.807, 2.05) is 0 Å². The summed E-state index contributed by atoms with van der Waals surface area (Å²) in [6.07, 6.45) is 0. The standard InChI is InChI=1S/C8H6ClN5O/c9-6-3-4(7(10)15)1-2-5(6)8-11-13-14-12-8/h1-3H,(H2,10,15)(H,11,12,13,14). The van der Waals surface area contributed by atoms with Crippen LogP contribution in [0.3, 0.4) is 0 Å². The molecule has 1 aromatic heterocycles. The Hall–Kier alpha value is -1.95. The quantitative estimate of drug-likeness (QED) is 0.780. The fourth-order valence-electron chi connectivity index (χ4n) is 1.13. The number of nitrogens with zero attached hydrogens (tertiary/aromatic N) is 3. The van der Waals surface area contributed by atoms with Gasteiger partial charge in [-0.05, 0) is 28.6 Å². The number of hydrogen-bond donors (Lipinski definition) is 2. The zero-order valence-corrected chi connectivity index (χ0v) is 8.19. The van der Waals surface area contributed by atoms with Gasteiger partial charge in [-0.2, -0.15) is 0 Å². The summed E-state index contributed by atoms with van der Waals surface area (Å²) in [7, 11) is 0. The predicted molar refractivity (Wildman–Crippen MR) is 53.1 cm³/mol. The minimum atomic E-state index is -0.529. The van der Waals surface area contributed by atoms with E-state index >= 15 is 0 Å². The van der Waals surface area contributed by atoms with E-state index in [1.54, 1.807) is 12.1 Å². The summed E-state index contributed by atoms with van der Waals surface area (Å²) in [6, 6.07) is 4.67. The number of rotatable bonds is 2. The van der Waals surface area contributed by atoms with Crippen molar-refractivity contribution in [3.05, 3.63) is 28.8 Å². The number of amides is 1. The number of carbonyl (C=O) groups is 1. The summed E-state index contributed by atoms with van der Waals surface area (Å²) in [6.45, 7) is 0. The first-order chi connectivity index (χ1) is 7.18.